The van der Waals surface area contributed by atoms with E-state index >= 15 is 0 Å². The molecule has 6 nitrogen and oxygen atoms in total. The Morgan fingerprint density at radius 1 is 1.09 bits per heavy atom. The number of benzene rings is 2. The van der Waals surface area contributed by atoms with Crippen LogP contribution in [0.15, 0.2) is 52.4 Å². The largest absolute Gasteiger partial charge is 0.492 e. The predicted molar refractivity (Wildman–Crippen MR) is 138 cm³/mol. The summed E-state index contributed by atoms with van der Waals surface area (Å²) in [6.45, 7) is 10.1. The van der Waals surface area contributed by atoms with Crippen molar-refractivity contribution >= 4 is 34.2 Å². The van der Waals surface area contributed by atoms with Crippen molar-refractivity contribution in [3.05, 3.63) is 59.2 Å². The highest BCUT2D eigenvalue weighted by atomic mass is 32.2. The average Bonchev–Trinajstić information content (AvgIpc) is 3.15. The van der Waals surface area contributed by atoms with Crippen molar-refractivity contribution in [2.45, 2.75) is 46.2 Å². The zero-order valence-corrected chi connectivity index (χ0v) is 20.7. The molecule has 2 amide bonds. The maximum atomic E-state index is 12.9. The zero-order chi connectivity index (χ0) is 23.4. The summed E-state index contributed by atoms with van der Waals surface area (Å²) in [7, 11) is 0. The normalized spacial score (nSPS) is 17.0. The average molecular weight is 465 g/mol. The van der Waals surface area contributed by atoms with E-state index < -0.39 is 5.66 Å². The van der Waals surface area contributed by atoms with Crippen LogP contribution in [0.5, 0.6) is 5.75 Å². The van der Waals surface area contributed by atoms with Gasteiger partial charge in [0.1, 0.15) is 10.8 Å². The summed E-state index contributed by atoms with van der Waals surface area (Å²) in [5, 5.41) is 4.02. The van der Waals surface area contributed by atoms with Crippen LogP contribution in [0, 0.1) is 13.8 Å². The smallest absolute Gasteiger partial charge is 0.321 e. The molecule has 0 saturated carbocycles. The lowest BCUT2D eigenvalue weighted by molar-refractivity contribution is 0.175. The van der Waals surface area contributed by atoms with E-state index in [0.29, 0.717) is 31.1 Å². The Balaban J connectivity index is 1.48. The van der Waals surface area contributed by atoms with E-state index in [9.17, 15) is 4.79 Å². The van der Waals surface area contributed by atoms with Crippen LogP contribution in [0.4, 0.5) is 10.5 Å². The molecule has 2 aromatic rings. The van der Waals surface area contributed by atoms with E-state index in [4.69, 9.17) is 14.7 Å². The summed E-state index contributed by atoms with van der Waals surface area (Å²) in [6.07, 6.45) is 1.44. The molecule has 1 N–H and O–H groups in total. The summed E-state index contributed by atoms with van der Waals surface area (Å²) in [6, 6.07) is 13.9. The molecular weight excluding hydrogens is 432 g/mol. The molecule has 174 valence electrons. The first-order valence-electron chi connectivity index (χ1n) is 11.6. The summed E-state index contributed by atoms with van der Waals surface area (Å²) >= 11 is 1.75. The second kappa shape index (κ2) is 10.00. The van der Waals surface area contributed by atoms with Crippen LogP contribution in [-0.4, -0.2) is 52.8 Å². The molecule has 0 atom stereocenters. The molecule has 7 heteroatoms. The molecule has 0 aliphatic carbocycles. The van der Waals surface area contributed by atoms with Crippen LogP contribution in [0.3, 0.4) is 0 Å². The van der Waals surface area contributed by atoms with Crippen molar-refractivity contribution in [3.63, 3.8) is 0 Å². The van der Waals surface area contributed by atoms with Gasteiger partial charge in [0.15, 0.2) is 5.66 Å². The maximum Gasteiger partial charge on any atom is 0.321 e. The number of nitrogens with one attached hydrogen (secondary N) is 1. The fraction of sp³-hybridized carbons (Fsp3) is 0.423. The number of ether oxygens (including phenoxy) is 1. The van der Waals surface area contributed by atoms with Gasteiger partial charge in [-0.05, 0) is 55.9 Å². The van der Waals surface area contributed by atoms with Crippen molar-refractivity contribution in [1.29, 1.82) is 0 Å². The highest BCUT2D eigenvalue weighted by Gasteiger charge is 2.40. The summed E-state index contributed by atoms with van der Waals surface area (Å²) in [5.41, 5.74) is 4.89. The third-order valence-electron chi connectivity index (χ3n) is 6.17. The van der Waals surface area contributed by atoms with Crippen LogP contribution in [0.2, 0.25) is 0 Å². The third-order valence-corrected chi connectivity index (χ3v) is 7.02. The first-order valence-corrected chi connectivity index (χ1v) is 12.6. The Hall–Kier alpha value is -2.80. The van der Waals surface area contributed by atoms with E-state index in [0.717, 1.165) is 34.9 Å². The van der Waals surface area contributed by atoms with Crippen molar-refractivity contribution in [2.24, 2.45) is 9.98 Å². The van der Waals surface area contributed by atoms with Gasteiger partial charge in [0.2, 0.25) is 0 Å². The number of amides is 2. The summed E-state index contributed by atoms with van der Waals surface area (Å²) in [5.74, 6) is 1.64. The second-order valence-electron chi connectivity index (χ2n) is 8.44. The molecule has 0 unspecified atom stereocenters. The number of urea groups is 1. The minimum Gasteiger partial charge on any atom is -0.492 e. The van der Waals surface area contributed by atoms with E-state index in [1.165, 1.54) is 11.1 Å². The van der Waals surface area contributed by atoms with Crippen molar-refractivity contribution in [2.75, 3.05) is 30.8 Å². The second-order valence-corrected chi connectivity index (χ2v) is 9.69. The van der Waals surface area contributed by atoms with Crippen LogP contribution in [0.25, 0.3) is 0 Å². The number of para-hydroxylation sites is 2. The maximum absolute atomic E-state index is 12.9. The lowest BCUT2D eigenvalue weighted by Gasteiger charge is -2.35. The Bertz CT molecular complexity index is 1090. The Kier molecular flexibility index (Phi) is 7.08. The quantitative estimate of drug-likeness (QED) is 0.619. The molecule has 2 heterocycles. The number of thioether (sulfide) groups is 1. The molecule has 4 rings (SSSR count). The van der Waals surface area contributed by atoms with Crippen molar-refractivity contribution < 1.29 is 9.53 Å². The molecule has 2 aromatic carbocycles. The molecule has 0 aromatic heterocycles. The molecule has 2 aliphatic heterocycles. The number of aryl methyl sites for hydroxylation is 2. The fourth-order valence-electron chi connectivity index (χ4n) is 4.17. The standard InChI is InChI=1S/C26H32N4O2S/c1-5-32-22-10-8-7-9-21(22)27-25(31)30-15-13-26(14-16-30)28-23(24(29-26)33-6-2)20-12-11-18(3)19(4)17-20/h7-12,17H,5-6,13-16H2,1-4H3,(H,27,31). The number of piperidine rings is 1. The number of anilines is 1. The minimum absolute atomic E-state index is 0.111. The molecule has 33 heavy (non-hydrogen) atoms. The van der Waals surface area contributed by atoms with Crippen LogP contribution < -0.4 is 10.1 Å². The Labute approximate surface area is 200 Å². The zero-order valence-electron chi connectivity index (χ0n) is 19.9. The molecule has 1 fully saturated rings. The van der Waals surface area contributed by atoms with Gasteiger partial charge in [0.05, 0.1) is 18.0 Å². The number of nitrogens with zero attached hydrogens (tertiary/aromatic N) is 3. The molecule has 0 radical (unpaired) electrons. The third kappa shape index (κ3) is 5.08. The van der Waals surface area contributed by atoms with E-state index in [-0.39, 0.29) is 6.03 Å². The van der Waals surface area contributed by atoms with Gasteiger partial charge in [-0.1, -0.05) is 31.2 Å². The van der Waals surface area contributed by atoms with Crippen molar-refractivity contribution in [3.8, 4) is 5.75 Å². The van der Waals surface area contributed by atoms with Crippen LogP contribution >= 0.6 is 11.8 Å². The van der Waals surface area contributed by atoms with Gasteiger partial charge in [-0.2, -0.15) is 0 Å². The summed E-state index contributed by atoms with van der Waals surface area (Å²) in [4.78, 5) is 25.0. The van der Waals surface area contributed by atoms with Gasteiger partial charge < -0.3 is 15.0 Å². The van der Waals surface area contributed by atoms with Gasteiger partial charge in [-0.25, -0.2) is 9.79 Å². The van der Waals surface area contributed by atoms with E-state index in [2.05, 4.69) is 44.3 Å². The van der Waals surface area contributed by atoms with Gasteiger partial charge >= 0.3 is 6.03 Å². The number of rotatable bonds is 5. The molecule has 2 aliphatic rings. The van der Waals surface area contributed by atoms with Gasteiger partial charge in [0, 0.05) is 31.5 Å². The minimum atomic E-state index is -0.467. The SMILES string of the molecule is CCOc1ccccc1NC(=O)N1CCC2(CC1)N=C(SCC)C(c1ccc(C)c(C)c1)=N2. The van der Waals surface area contributed by atoms with Crippen LogP contribution in [-0.2, 0) is 0 Å². The van der Waals surface area contributed by atoms with E-state index in [1.807, 2.05) is 36.1 Å². The Morgan fingerprint density at radius 2 is 1.85 bits per heavy atom. The van der Waals surface area contributed by atoms with Gasteiger partial charge in [0.25, 0.3) is 0 Å². The summed E-state index contributed by atoms with van der Waals surface area (Å²) < 4.78 is 5.63. The number of aliphatic imine (C=N–C) groups is 2. The predicted octanol–water partition coefficient (Wildman–Crippen LogP) is 5.68. The molecule has 0 bridgehead atoms. The molecule has 1 spiro atoms. The number of hydrogen-bond acceptors (Lipinski definition) is 5. The number of carbonyl (C=O) groups excluding carboxylic acids is 1. The van der Waals surface area contributed by atoms with Crippen molar-refractivity contribution in [1.82, 2.24) is 4.90 Å². The molecular formula is C26H32N4O2S. The first-order chi connectivity index (χ1) is 15.9. The fourth-order valence-corrected chi connectivity index (χ4v) is 4.98. The van der Waals surface area contributed by atoms with Gasteiger partial charge in [-0.15, -0.1) is 11.8 Å². The number of carbonyl (C=O) groups is 1. The van der Waals surface area contributed by atoms with E-state index in [1.54, 1.807) is 11.8 Å². The van der Waals surface area contributed by atoms with Crippen LogP contribution in [0.1, 0.15) is 43.4 Å². The highest BCUT2D eigenvalue weighted by Crippen LogP contribution is 2.36. The lowest BCUT2D eigenvalue weighted by atomic mass is 9.98. The number of likely N-dealkylation sites (tertiary alicyclic amines) is 1. The highest BCUT2D eigenvalue weighted by molar-refractivity contribution is 8.15. The monoisotopic (exact) mass is 464 g/mol. The lowest BCUT2D eigenvalue weighted by Crippen LogP contribution is -2.46. The number of hydrogen-bond donors (Lipinski definition) is 1. The Morgan fingerprint density at radius 3 is 2.55 bits per heavy atom. The first kappa shape index (κ1) is 23.4. The molecule has 1 saturated heterocycles. The van der Waals surface area contributed by atoms with Gasteiger partial charge in [-0.3, -0.25) is 4.99 Å². The topological polar surface area (TPSA) is 66.3 Å².